The molecule has 1 unspecified atom stereocenters. The first-order valence-electron chi connectivity index (χ1n) is 6.29. The minimum atomic E-state index is 0.490. The van der Waals surface area contributed by atoms with Crippen molar-refractivity contribution in [3.8, 4) is 0 Å². The van der Waals surface area contributed by atoms with Crippen LogP contribution in [0.15, 0.2) is 30.3 Å². The normalized spacial score (nSPS) is 19.6. The number of nitrogens with one attached hydrogen (secondary N) is 1. The van der Waals surface area contributed by atoms with E-state index in [9.17, 15) is 0 Å². The molecule has 1 heterocycles. The quantitative estimate of drug-likeness (QED) is 0.840. The van der Waals surface area contributed by atoms with Crippen LogP contribution in [0.3, 0.4) is 0 Å². The van der Waals surface area contributed by atoms with E-state index in [1.165, 1.54) is 5.56 Å². The van der Waals surface area contributed by atoms with Gasteiger partial charge in [0.05, 0.1) is 0 Å². The van der Waals surface area contributed by atoms with Crippen molar-refractivity contribution in [2.75, 3.05) is 13.2 Å². The Hall–Kier alpha value is -0.860. The molecule has 2 rings (SSSR count). The lowest BCUT2D eigenvalue weighted by Gasteiger charge is -2.28. The lowest BCUT2D eigenvalue weighted by atomic mass is 10.0. The molecule has 1 N–H and O–H groups in total. The summed E-state index contributed by atoms with van der Waals surface area (Å²) in [7, 11) is 0. The van der Waals surface area contributed by atoms with Gasteiger partial charge in [0, 0.05) is 25.3 Å². The third-order valence-electron chi connectivity index (χ3n) is 3.27. The van der Waals surface area contributed by atoms with Crippen LogP contribution in [0.2, 0.25) is 0 Å². The Labute approximate surface area is 98.0 Å². The molecule has 0 amide bonds. The molecule has 1 atom stereocenters. The van der Waals surface area contributed by atoms with Crippen molar-refractivity contribution < 1.29 is 4.74 Å². The first kappa shape index (κ1) is 11.6. The molecule has 0 spiro atoms. The molecule has 2 heteroatoms. The van der Waals surface area contributed by atoms with E-state index in [0.29, 0.717) is 12.1 Å². The van der Waals surface area contributed by atoms with E-state index in [0.717, 1.165) is 32.5 Å². The van der Waals surface area contributed by atoms with E-state index in [1.807, 2.05) is 0 Å². The van der Waals surface area contributed by atoms with Gasteiger partial charge >= 0.3 is 0 Å². The first-order chi connectivity index (χ1) is 7.90. The highest BCUT2D eigenvalue weighted by molar-refractivity contribution is 5.18. The summed E-state index contributed by atoms with van der Waals surface area (Å²) < 4.78 is 5.38. The van der Waals surface area contributed by atoms with Crippen molar-refractivity contribution in [3.63, 3.8) is 0 Å². The van der Waals surface area contributed by atoms with Crippen molar-refractivity contribution in [2.24, 2.45) is 0 Å². The zero-order valence-electron chi connectivity index (χ0n) is 9.99. The highest BCUT2D eigenvalue weighted by atomic mass is 16.5. The fourth-order valence-corrected chi connectivity index (χ4v) is 2.28. The number of hydrogen-bond acceptors (Lipinski definition) is 2. The average molecular weight is 219 g/mol. The Morgan fingerprint density at radius 1 is 1.25 bits per heavy atom. The standard InChI is InChI=1S/C14H21NO/c1-2-14(12-6-4-3-5-7-12)15-13-8-10-16-11-9-13/h3-7,13-15H,2,8-11H2,1H3. The Balaban J connectivity index is 1.94. The molecule has 16 heavy (non-hydrogen) atoms. The van der Waals surface area contributed by atoms with Gasteiger partial charge in [-0.2, -0.15) is 0 Å². The molecule has 0 radical (unpaired) electrons. The SMILES string of the molecule is CCC(NC1CCOCC1)c1ccccc1. The van der Waals surface area contributed by atoms with Gasteiger partial charge in [-0.25, -0.2) is 0 Å². The van der Waals surface area contributed by atoms with Gasteiger partial charge < -0.3 is 10.1 Å². The lowest BCUT2D eigenvalue weighted by Crippen LogP contribution is -2.37. The molecule has 1 aliphatic rings. The van der Waals surface area contributed by atoms with E-state index in [-0.39, 0.29) is 0 Å². The van der Waals surface area contributed by atoms with Crippen molar-refractivity contribution >= 4 is 0 Å². The third kappa shape index (κ3) is 3.06. The fourth-order valence-electron chi connectivity index (χ4n) is 2.28. The number of ether oxygens (including phenoxy) is 1. The Kier molecular flexibility index (Phi) is 4.37. The summed E-state index contributed by atoms with van der Waals surface area (Å²) in [4.78, 5) is 0. The summed E-state index contributed by atoms with van der Waals surface area (Å²) in [6.45, 7) is 4.05. The van der Waals surface area contributed by atoms with E-state index >= 15 is 0 Å². The van der Waals surface area contributed by atoms with Gasteiger partial charge in [-0.05, 0) is 24.8 Å². The summed E-state index contributed by atoms with van der Waals surface area (Å²) >= 11 is 0. The van der Waals surface area contributed by atoms with Crippen LogP contribution < -0.4 is 5.32 Å². The number of rotatable bonds is 4. The average Bonchev–Trinajstić information content (AvgIpc) is 2.38. The molecule has 2 nitrogen and oxygen atoms in total. The summed E-state index contributed by atoms with van der Waals surface area (Å²) in [5.41, 5.74) is 1.40. The van der Waals surface area contributed by atoms with Crippen LogP contribution in [0.25, 0.3) is 0 Å². The van der Waals surface area contributed by atoms with Gasteiger partial charge in [-0.3, -0.25) is 0 Å². The van der Waals surface area contributed by atoms with Crippen LogP contribution in [0.5, 0.6) is 0 Å². The van der Waals surface area contributed by atoms with Crippen molar-refractivity contribution in [2.45, 2.75) is 38.3 Å². The zero-order chi connectivity index (χ0) is 11.2. The van der Waals surface area contributed by atoms with Gasteiger partial charge in [-0.15, -0.1) is 0 Å². The minimum Gasteiger partial charge on any atom is -0.381 e. The van der Waals surface area contributed by atoms with Crippen LogP contribution in [-0.2, 0) is 4.74 Å². The van der Waals surface area contributed by atoms with Gasteiger partial charge in [0.2, 0.25) is 0 Å². The Morgan fingerprint density at radius 2 is 1.94 bits per heavy atom. The molecular weight excluding hydrogens is 198 g/mol. The first-order valence-corrected chi connectivity index (χ1v) is 6.29. The van der Waals surface area contributed by atoms with Crippen LogP contribution in [-0.4, -0.2) is 19.3 Å². The molecule has 0 bridgehead atoms. The predicted molar refractivity (Wildman–Crippen MR) is 66.5 cm³/mol. The second kappa shape index (κ2) is 6.02. The zero-order valence-corrected chi connectivity index (χ0v) is 9.99. The maximum Gasteiger partial charge on any atom is 0.0480 e. The molecule has 1 aliphatic heterocycles. The van der Waals surface area contributed by atoms with Crippen LogP contribution in [0.4, 0.5) is 0 Å². The van der Waals surface area contributed by atoms with Gasteiger partial charge in [0.25, 0.3) is 0 Å². The van der Waals surface area contributed by atoms with E-state index in [1.54, 1.807) is 0 Å². The molecule has 1 aromatic carbocycles. The Morgan fingerprint density at radius 3 is 2.56 bits per heavy atom. The highest BCUT2D eigenvalue weighted by Gasteiger charge is 2.17. The van der Waals surface area contributed by atoms with Crippen molar-refractivity contribution in [1.82, 2.24) is 5.32 Å². The Bertz CT molecular complexity index is 293. The fraction of sp³-hybridized carbons (Fsp3) is 0.571. The molecule has 1 saturated heterocycles. The smallest absolute Gasteiger partial charge is 0.0480 e. The van der Waals surface area contributed by atoms with Crippen molar-refractivity contribution in [1.29, 1.82) is 0 Å². The third-order valence-corrected chi connectivity index (χ3v) is 3.27. The molecule has 0 aliphatic carbocycles. The molecule has 88 valence electrons. The van der Waals surface area contributed by atoms with E-state index in [2.05, 4.69) is 42.6 Å². The predicted octanol–water partition coefficient (Wildman–Crippen LogP) is 2.91. The van der Waals surface area contributed by atoms with Gasteiger partial charge in [-0.1, -0.05) is 37.3 Å². The molecule has 0 saturated carbocycles. The largest absolute Gasteiger partial charge is 0.381 e. The van der Waals surface area contributed by atoms with Crippen LogP contribution >= 0.6 is 0 Å². The molecule has 0 aromatic heterocycles. The monoisotopic (exact) mass is 219 g/mol. The lowest BCUT2D eigenvalue weighted by molar-refractivity contribution is 0.0746. The highest BCUT2D eigenvalue weighted by Crippen LogP contribution is 2.19. The van der Waals surface area contributed by atoms with Crippen molar-refractivity contribution in [3.05, 3.63) is 35.9 Å². The summed E-state index contributed by atoms with van der Waals surface area (Å²) in [6.07, 6.45) is 3.42. The molecule has 1 aromatic rings. The summed E-state index contributed by atoms with van der Waals surface area (Å²) in [5, 5.41) is 3.74. The maximum atomic E-state index is 5.38. The van der Waals surface area contributed by atoms with E-state index in [4.69, 9.17) is 4.74 Å². The topological polar surface area (TPSA) is 21.3 Å². The van der Waals surface area contributed by atoms with Crippen LogP contribution in [0.1, 0.15) is 37.8 Å². The summed E-state index contributed by atoms with van der Waals surface area (Å²) in [6, 6.07) is 11.8. The second-order valence-corrected chi connectivity index (χ2v) is 4.42. The summed E-state index contributed by atoms with van der Waals surface area (Å²) in [5.74, 6) is 0. The van der Waals surface area contributed by atoms with Crippen LogP contribution in [0, 0.1) is 0 Å². The minimum absolute atomic E-state index is 0.490. The van der Waals surface area contributed by atoms with Gasteiger partial charge in [0.1, 0.15) is 0 Å². The van der Waals surface area contributed by atoms with Gasteiger partial charge in [0.15, 0.2) is 0 Å². The number of benzene rings is 1. The molecular formula is C14H21NO. The molecule has 1 fully saturated rings. The van der Waals surface area contributed by atoms with E-state index < -0.39 is 0 Å². The number of hydrogen-bond donors (Lipinski definition) is 1. The maximum absolute atomic E-state index is 5.38. The second-order valence-electron chi connectivity index (χ2n) is 4.42.